The Labute approximate surface area is 144 Å². The van der Waals surface area contributed by atoms with Crippen molar-refractivity contribution in [2.24, 2.45) is 0 Å². The van der Waals surface area contributed by atoms with E-state index in [4.69, 9.17) is 4.74 Å². The monoisotopic (exact) mass is 377 g/mol. The topological polar surface area (TPSA) is 58.6 Å². The second-order valence-electron chi connectivity index (χ2n) is 5.36. The van der Waals surface area contributed by atoms with E-state index in [9.17, 15) is 9.90 Å². The van der Waals surface area contributed by atoms with E-state index in [1.165, 1.54) is 0 Å². The van der Waals surface area contributed by atoms with Crippen LogP contribution >= 0.6 is 15.9 Å². The van der Waals surface area contributed by atoms with E-state index in [2.05, 4.69) is 21.2 Å². The summed E-state index contributed by atoms with van der Waals surface area (Å²) in [5, 5.41) is 12.7. The second-order valence-corrected chi connectivity index (χ2v) is 6.21. The molecule has 2 rings (SSSR count). The number of carboxylic acid groups (broad SMARTS) is 1. The lowest BCUT2D eigenvalue weighted by Crippen LogP contribution is -2.40. The van der Waals surface area contributed by atoms with Crippen molar-refractivity contribution in [3.8, 4) is 5.75 Å². The number of carbonyl (C=O) groups is 1. The average Bonchev–Trinajstić information content (AvgIpc) is 2.54. The van der Waals surface area contributed by atoms with Gasteiger partial charge in [0.2, 0.25) is 0 Å². The molecule has 0 radical (unpaired) electrons. The first-order valence-corrected chi connectivity index (χ1v) is 8.16. The first-order chi connectivity index (χ1) is 11.0. The van der Waals surface area contributed by atoms with Gasteiger partial charge in [0, 0.05) is 10.5 Å². The molecule has 0 aliphatic carbocycles. The molecule has 2 aromatic rings. The van der Waals surface area contributed by atoms with Gasteiger partial charge in [-0.3, -0.25) is 10.1 Å². The minimum Gasteiger partial charge on any atom is -0.497 e. The van der Waals surface area contributed by atoms with Gasteiger partial charge in [-0.25, -0.2) is 0 Å². The summed E-state index contributed by atoms with van der Waals surface area (Å²) in [5.74, 6) is -0.0998. The molecule has 0 aromatic heterocycles. The van der Waals surface area contributed by atoms with Gasteiger partial charge in [-0.15, -0.1) is 0 Å². The molecular formula is C18H20BrNO3. The molecule has 1 unspecified atom stereocenters. The Balaban J connectivity index is 2.12. The number of halogens is 1. The average molecular weight is 378 g/mol. The predicted molar refractivity (Wildman–Crippen MR) is 93.8 cm³/mol. The third-order valence-corrected chi connectivity index (χ3v) is 4.39. The highest BCUT2D eigenvalue weighted by Gasteiger charge is 2.21. The Hall–Kier alpha value is -1.85. The molecule has 0 saturated heterocycles. The molecule has 4 nitrogen and oxygen atoms in total. The van der Waals surface area contributed by atoms with Crippen LogP contribution in [0.4, 0.5) is 0 Å². The fourth-order valence-electron chi connectivity index (χ4n) is 2.44. The number of carboxylic acids is 1. The van der Waals surface area contributed by atoms with E-state index in [0.29, 0.717) is 6.42 Å². The summed E-state index contributed by atoms with van der Waals surface area (Å²) < 4.78 is 6.07. The summed E-state index contributed by atoms with van der Waals surface area (Å²) in [6.45, 7) is 1.95. The lowest BCUT2D eigenvalue weighted by Gasteiger charge is -2.22. The Bertz CT molecular complexity index is 661. The van der Waals surface area contributed by atoms with Crippen LogP contribution in [0.2, 0.25) is 0 Å². The van der Waals surface area contributed by atoms with Gasteiger partial charge < -0.3 is 9.84 Å². The van der Waals surface area contributed by atoms with Gasteiger partial charge in [0.05, 0.1) is 7.11 Å². The summed E-state index contributed by atoms with van der Waals surface area (Å²) in [4.78, 5) is 11.6. The third kappa shape index (κ3) is 4.81. The van der Waals surface area contributed by atoms with Gasteiger partial charge in [-0.2, -0.15) is 0 Å². The van der Waals surface area contributed by atoms with Crippen LogP contribution in [0.5, 0.6) is 5.75 Å². The highest BCUT2D eigenvalue weighted by atomic mass is 79.9. The van der Waals surface area contributed by atoms with Gasteiger partial charge in [0.25, 0.3) is 0 Å². The van der Waals surface area contributed by atoms with Crippen molar-refractivity contribution in [3.05, 3.63) is 64.1 Å². The molecule has 0 amide bonds. The van der Waals surface area contributed by atoms with Crippen LogP contribution < -0.4 is 10.1 Å². The van der Waals surface area contributed by atoms with Crippen molar-refractivity contribution in [1.29, 1.82) is 0 Å². The van der Waals surface area contributed by atoms with E-state index in [-0.39, 0.29) is 6.04 Å². The number of benzene rings is 2. The number of hydrogen-bond acceptors (Lipinski definition) is 3. The maximum atomic E-state index is 11.6. The third-order valence-electron chi connectivity index (χ3n) is 3.71. The van der Waals surface area contributed by atoms with Crippen LogP contribution in [0, 0.1) is 0 Å². The highest BCUT2D eigenvalue weighted by molar-refractivity contribution is 9.10. The van der Waals surface area contributed by atoms with E-state index in [0.717, 1.165) is 21.3 Å². The highest BCUT2D eigenvalue weighted by Crippen LogP contribution is 2.28. The van der Waals surface area contributed by atoms with Crippen LogP contribution in [-0.4, -0.2) is 24.2 Å². The van der Waals surface area contributed by atoms with Crippen LogP contribution in [0.1, 0.15) is 24.1 Å². The SMILES string of the molecule is COc1ccc(C(C)N[C@@H](Cc2ccccc2)C(=O)O)c(Br)c1. The number of methoxy groups -OCH3 is 1. The minimum absolute atomic E-state index is 0.111. The molecule has 2 aromatic carbocycles. The van der Waals surface area contributed by atoms with E-state index >= 15 is 0 Å². The molecule has 23 heavy (non-hydrogen) atoms. The number of ether oxygens (including phenoxy) is 1. The second kappa shape index (κ2) is 8.13. The van der Waals surface area contributed by atoms with E-state index in [1.807, 2.05) is 55.5 Å². The summed E-state index contributed by atoms with van der Waals surface area (Å²) in [7, 11) is 1.61. The number of aliphatic carboxylic acids is 1. The van der Waals surface area contributed by atoms with Crippen molar-refractivity contribution in [1.82, 2.24) is 5.32 Å². The molecule has 0 aliphatic rings. The van der Waals surface area contributed by atoms with Crippen LogP contribution in [0.3, 0.4) is 0 Å². The van der Waals surface area contributed by atoms with Crippen molar-refractivity contribution in [2.75, 3.05) is 7.11 Å². The summed E-state index contributed by atoms with van der Waals surface area (Å²) in [6.07, 6.45) is 0.439. The van der Waals surface area contributed by atoms with Crippen molar-refractivity contribution < 1.29 is 14.6 Å². The fraction of sp³-hybridized carbons (Fsp3) is 0.278. The van der Waals surface area contributed by atoms with Crippen LogP contribution in [0.25, 0.3) is 0 Å². The largest absolute Gasteiger partial charge is 0.497 e. The summed E-state index contributed by atoms with van der Waals surface area (Å²) in [5.41, 5.74) is 1.98. The van der Waals surface area contributed by atoms with Gasteiger partial charge >= 0.3 is 5.97 Å². The molecule has 2 N–H and O–H groups in total. The number of hydrogen-bond donors (Lipinski definition) is 2. The van der Waals surface area contributed by atoms with Crippen molar-refractivity contribution in [2.45, 2.75) is 25.4 Å². The number of rotatable bonds is 7. The molecule has 0 aliphatic heterocycles. The molecule has 5 heteroatoms. The molecule has 0 spiro atoms. The quantitative estimate of drug-likeness (QED) is 0.770. The molecule has 122 valence electrons. The zero-order valence-corrected chi connectivity index (χ0v) is 14.7. The lowest BCUT2D eigenvalue weighted by molar-refractivity contribution is -0.139. The smallest absolute Gasteiger partial charge is 0.321 e. The molecule has 0 saturated carbocycles. The van der Waals surface area contributed by atoms with Gasteiger partial charge in [-0.1, -0.05) is 52.3 Å². The lowest BCUT2D eigenvalue weighted by atomic mass is 10.0. The maximum Gasteiger partial charge on any atom is 0.321 e. The Morgan fingerprint density at radius 2 is 1.96 bits per heavy atom. The molecule has 0 heterocycles. The van der Waals surface area contributed by atoms with E-state index in [1.54, 1.807) is 7.11 Å². The Morgan fingerprint density at radius 3 is 2.52 bits per heavy atom. The predicted octanol–water partition coefficient (Wildman–Crippen LogP) is 3.80. The zero-order chi connectivity index (χ0) is 16.8. The molecule has 2 atom stereocenters. The molecule has 0 fully saturated rings. The van der Waals surface area contributed by atoms with E-state index < -0.39 is 12.0 Å². The Kier molecular flexibility index (Phi) is 6.19. The van der Waals surface area contributed by atoms with Gasteiger partial charge in [-0.05, 0) is 36.6 Å². The van der Waals surface area contributed by atoms with Gasteiger partial charge in [0.1, 0.15) is 11.8 Å². The zero-order valence-electron chi connectivity index (χ0n) is 13.1. The molecular weight excluding hydrogens is 358 g/mol. The van der Waals surface area contributed by atoms with Crippen molar-refractivity contribution in [3.63, 3.8) is 0 Å². The first-order valence-electron chi connectivity index (χ1n) is 7.37. The first kappa shape index (κ1) is 17.5. The Morgan fingerprint density at radius 1 is 1.26 bits per heavy atom. The van der Waals surface area contributed by atoms with Crippen molar-refractivity contribution >= 4 is 21.9 Å². The minimum atomic E-state index is -0.856. The van der Waals surface area contributed by atoms with Gasteiger partial charge in [0.15, 0.2) is 0 Å². The molecule has 0 bridgehead atoms. The van der Waals surface area contributed by atoms with Crippen LogP contribution in [-0.2, 0) is 11.2 Å². The number of nitrogens with one attached hydrogen (secondary N) is 1. The fourth-order valence-corrected chi connectivity index (χ4v) is 3.15. The summed E-state index contributed by atoms with van der Waals surface area (Å²) >= 11 is 3.51. The maximum absolute atomic E-state index is 11.6. The summed E-state index contributed by atoms with van der Waals surface area (Å²) in [6, 6.07) is 14.5. The normalized spacial score (nSPS) is 13.3. The standard InChI is InChI=1S/C18H20BrNO3/c1-12(15-9-8-14(23-2)11-16(15)19)20-17(18(21)22)10-13-6-4-3-5-7-13/h3-9,11-12,17,20H,10H2,1-2H3,(H,21,22)/t12?,17-/m0/s1. The van der Waals surface area contributed by atoms with Crippen LogP contribution in [0.15, 0.2) is 53.0 Å².